The number of carboxylic acid groups (broad SMARTS) is 1. The molecule has 1 aromatic carbocycles. The van der Waals surface area contributed by atoms with Gasteiger partial charge in [-0.3, -0.25) is 0 Å². The second-order valence-corrected chi connectivity index (χ2v) is 8.84. The van der Waals surface area contributed by atoms with E-state index in [4.69, 9.17) is 5.11 Å². The van der Waals surface area contributed by atoms with E-state index in [0.29, 0.717) is 4.21 Å². The van der Waals surface area contributed by atoms with Crippen molar-refractivity contribution in [3.63, 3.8) is 0 Å². The Bertz CT molecular complexity index is 857. The molecule has 0 spiro atoms. The molecule has 2 amide bonds. The zero-order chi connectivity index (χ0) is 18.4. The molecule has 1 aromatic heterocycles. The van der Waals surface area contributed by atoms with Crippen LogP contribution in [0.4, 0.5) is 4.79 Å². The second-order valence-electron chi connectivity index (χ2n) is 5.16. The van der Waals surface area contributed by atoms with E-state index in [1.807, 2.05) is 0 Å². The molecule has 134 valence electrons. The van der Waals surface area contributed by atoms with Gasteiger partial charge in [0.25, 0.3) is 0 Å². The molecule has 25 heavy (non-hydrogen) atoms. The highest BCUT2D eigenvalue weighted by molar-refractivity contribution is 7.93. The first-order valence-corrected chi connectivity index (χ1v) is 9.94. The van der Waals surface area contributed by atoms with Crippen molar-refractivity contribution in [3.8, 4) is 0 Å². The molecule has 0 fully saturated rings. The SMILES string of the molecule is CCS(=O)(=O)c1ccc(CNC(=O)NCc2ccc(C(=O)O)cc2)s1. The van der Waals surface area contributed by atoms with Crippen molar-refractivity contribution in [1.29, 1.82) is 0 Å². The first-order valence-electron chi connectivity index (χ1n) is 7.47. The molecule has 0 aliphatic heterocycles. The number of carboxylic acids is 1. The summed E-state index contributed by atoms with van der Waals surface area (Å²) in [7, 11) is -3.22. The van der Waals surface area contributed by atoms with Gasteiger partial charge in [-0.15, -0.1) is 11.3 Å². The third-order valence-electron chi connectivity index (χ3n) is 3.40. The molecule has 0 radical (unpaired) electrons. The number of carbonyl (C=O) groups excluding carboxylic acids is 1. The number of urea groups is 1. The molecule has 9 heteroatoms. The van der Waals surface area contributed by atoms with Gasteiger partial charge >= 0.3 is 12.0 Å². The molecule has 2 aromatic rings. The van der Waals surface area contributed by atoms with Gasteiger partial charge in [0, 0.05) is 11.4 Å². The van der Waals surface area contributed by atoms with Crippen LogP contribution in [0.1, 0.15) is 27.7 Å². The van der Waals surface area contributed by atoms with E-state index in [-0.39, 0.29) is 24.4 Å². The summed E-state index contributed by atoms with van der Waals surface area (Å²) in [6.07, 6.45) is 0. The summed E-state index contributed by atoms with van der Waals surface area (Å²) in [5.74, 6) is -0.959. The Labute approximate surface area is 149 Å². The number of carbonyl (C=O) groups is 2. The quantitative estimate of drug-likeness (QED) is 0.680. The normalized spacial score (nSPS) is 11.1. The maximum atomic E-state index is 11.8. The lowest BCUT2D eigenvalue weighted by molar-refractivity contribution is 0.0697. The molecule has 7 nitrogen and oxygen atoms in total. The number of thiophene rings is 1. The lowest BCUT2D eigenvalue weighted by Crippen LogP contribution is -2.34. The van der Waals surface area contributed by atoms with Gasteiger partial charge in [0.1, 0.15) is 4.21 Å². The molecule has 0 unspecified atom stereocenters. The van der Waals surface area contributed by atoms with Crippen LogP contribution in [-0.2, 0) is 22.9 Å². The number of benzene rings is 1. The molecule has 2 rings (SSSR count). The lowest BCUT2D eigenvalue weighted by atomic mass is 10.1. The number of sulfone groups is 1. The van der Waals surface area contributed by atoms with Gasteiger partial charge in [-0.25, -0.2) is 18.0 Å². The Hall–Kier alpha value is -2.39. The van der Waals surface area contributed by atoms with E-state index in [1.54, 1.807) is 31.2 Å². The third-order valence-corrected chi connectivity index (χ3v) is 6.80. The minimum absolute atomic E-state index is 0.0432. The molecular weight excluding hydrogens is 364 g/mol. The molecule has 0 saturated carbocycles. The van der Waals surface area contributed by atoms with Gasteiger partial charge in [-0.2, -0.15) is 0 Å². The Kier molecular flexibility index (Phi) is 6.16. The largest absolute Gasteiger partial charge is 0.478 e. The average molecular weight is 382 g/mol. The van der Waals surface area contributed by atoms with Crippen molar-refractivity contribution in [2.45, 2.75) is 24.2 Å². The van der Waals surface area contributed by atoms with E-state index in [0.717, 1.165) is 21.8 Å². The fraction of sp³-hybridized carbons (Fsp3) is 0.250. The minimum atomic E-state index is -3.22. The summed E-state index contributed by atoms with van der Waals surface area (Å²) in [5, 5.41) is 14.1. The maximum Gasteiger partial charge on any atom is 0.335 e. The van der Waals surface area contributed by atoms with Crippen molar-refractivity contribution in [3.05, 3.63) is 52.4 Å². The van der Waals surface area contributed by atoms with Gasteiger partial charge < -0.3 is 15.7 Å². The monoisotopic (exact) mass is 382 g/mol. The van der Waals surface area contributed by atoms with Crippen LogP contribution in [0.25, 0.3) is 0 Å². The van der Waals surface area contributed by atoms with E-state index < -0.39 is 21.8 Å². The van der Waals surface area contributed by atoms with Crippen molar-refractivity contribution >= 4 is 33.2 Å². The van der Waals surface area contributed by atoms with E-state index >= 15 is 0 Å². The number of rotatable bonds is 7. The average Bonchev–Trinajstić information content (AvgIpc) is 3.08. The number of hydrogen-bond acceptors (Lipinski definition) is 5. The third kappa shape index (κ3) is 5.30. The van der Waals surface area contributed by atoms with Crippen LogP contribution in [0, 0.1) is 0 Å². The molecule has 1 heterocycles. The highest BCUT2D eigenvalue weighted by atomic mass is 32.2. The fourth-order valence-electron chi connectivity index (χ4n) is 1.94. The zero-order valence-corrected chi connectivity index (χ0v) is 15.1. The van der Waals surface area contributed by atoms with Gasteiger partial charge in [0.05, 0.1) is 17.9 Å². The number of amides is 2. The molecule has 3 N–H and O–H groups in total. The highest BCUT2D eigenvalue weighted by Crippen LogP contribution is 2.22. The van der Waals surface area contributed by atoms with Crippen molar-refractivity contribution in [2.24, 2.45) is 0 Å². The number of hydrogen-bond donors (Lipinski definition) is 3. The van der Waals surface area contributed by atoms with Crippen LogP contribution in [0.5, 0.6) is 0 Å². The van der Waals surface area contributed by atoms with Crippen molar-refractivity contribution in [1.82, 2.24) is 10.6 Å². The Morgan fingerprint density at radius 1 is 1.04 bits per heavy atom. The van der Waals surface area contributed by atoms with Crippen LogP contribution >= 0.6 is 11.3 Å². The minimum Gasteiger partial charge on any atom is -0.478 e. The molecule has 0 atom stereocenters. The first kappa shape index (κ1) is 18.9. The molecule has 0 aliphatic rings. The van der Waals surface area contributed by atoms with Crippen LogP contribution in [0.3, 0.4) is 0 Å². The number of nitrogens with one attached hydrogen (secondary N) is 2. The Morgan fingerprint density at radius 2 is 1.68 bits per heavy atom. The van der Waals surface area contributed by atoms with Crippen molar-refractivity contribution in [2.75, 3.05) is 5.75 Å². The summed E-state index contributed by atoms with van der Waals surface area (Å²) >= 11 is 1.14. The number of aromatic carboxylic acids is 1. The van der Waals surface area contributed by atoms with Crippen LogP contribution in [-0.4, -0.2) is 31.3 Å². The van der Waals surface area contributed by atoms with Crippen LogP contribution < -0.4 is 10.6 Å². The predicted octanol–water partition coefficient (Wildman–Crippen LogP) is 2.24. The van der Waals surface area contributed by atoms with Crippen LogP contribution in [0.15, 0.2) is 40.6 Å². The van der Waals surface area contributed by atoms with E-state index in [9.17, 15) is 18.0 Å². The molecule has 0 saturated heterocycles. The van der Waals surface area contributed by atoms with E-state index in [1.165, 1.54) is 12.1 Å². The standard InChI is InChI=1S/C16H18N2O5S2/c1-2-25(22,23)14-8-7-13(24-14)10-18-16(21)17-9-11-3-5-12(6-4-11)15(19)20/h3-8H,2,9-10H2,1H3,(H,19,20)(H2,17,18,21). The summed E-state index contributed by atoms with van der Waals surface area (Å²) in [5.41, 5.74) is 0.955. The van der Waals surface area contributed by atoms with Gasteiger partial charge in [0.2, 0.25) is 0 Å². The second kappa shape index (κ2) is 8.13. The zero-order valence-electron chi connectivity index (χ0n) is 13.5. The van der Waals surface area contributed by atoms with Crippen LogP contribution in [0.2, 0.25) is 0 Å². The Balaban J connectivity index is 1.82. The van der Waals surface area contributed by atoms with Gasteiger partial charge in [-0.05, 0) is 29.8 Å². The van der Waals surface area contributed by atoms with Gasteiger partial charge in [0.15, 0.2) is 9.84 Å². The topological polar surface area (TPSA) is 113 Å². The van der Waals surface area contributed by atoms with Crippen molar-refractivity contribution < 1.29 is 23.1 Å². The Morgan fingerprint density at radius 3 is 2.28 bits per heavy atom. The lowest BCUT2D eigenvalue weighted by Gasteiger charge is -2.07. The summed E-state index contributed by atoms with van der Waals surface area (Å²) in [6.45, 7) is 2.07. The highest BCUT2D eigenvalue weighted by Gasteiger charge is 2.14. The fourth-order valence-corrected chi connectivity index (χ4v) is 4.36. The predicted molar refractivity (Wildman–Crippen MR) is 94.5 cm³/mol. The van der Waals surface area contributed by atoms with E-state index in [2.05, 4.69) is 10.6 Å². The summed E-state index contributed by atoms with van der Waals surface area (Å²) < 4.78 is 23.8. The summed E-state index contributed by atoms with van der Waals surface area (Å²) in [6, 6.07) is 9.03. The summed E-state index contributed by atoms with van der Waals surface area (Å²) in [4.78, 5) is 23.3. The molecule has 0 bridgehead atoms. The molecule has 0 aliphatic carbocycles. The smallest absolute Gasteiger partial charge is 0.335 e. The molecular formula is C16H18N2O5S2. The maximum absolute atomic E-state index is 11.8. The van der Waals surface area contributed by atoms with Gasteiger partial charge in [-0.1, -0.05) is 19.1 Å². The first-order chi connectivity index (χ1) is 11.8.